The third-order valence-corrected chi connectivity index (χ3v) is 4.66. The van der Waals surface area contributed by atoms with Gasteiger partial charge >= 0.3 is 0 Å². The van der Waals surface area contributed by atoms with E-state index in [9.17, 15) is 0 Å². The maximum absolute atomic E-state index is 4.87. The average molecular weight is 356 g/mol. The van der Waals surface area contributed by atoms with Gasteiger partial charge in [0.15, 0.2) is 17.2 Å². The average Bonchev–Trinajstić information content (AvgIpc) is 3.26. The number of anilines is 1. The molecule has 1 atom stereocenters. The Bertz CT molecular complexity index is 934. The summed E-state index contributed by atoms with van der Waals surface area (Å²) >= 11 is 0. The summed E-state index contributed by atoms with van der Waals surface area (Å²) in [6, 6.07) is 0. The number of aromatic nitrogens is 9. The van der Waals surface area contributed by atoms with E-state index in [0.29, 0.717) is 23.9 Å². The summed E-state index contributed by atoms with van der Waals surface area (Å²) in [7, 11) is 1.80. The van der Waals surface area contributed by atoms with E-state index in [1.54, 1.807) is 16.5 Å². The van der Waals surface area contributed by atoms with Crippen molar-refractivity contribution < 1.29 is 0 Å². The Kier molecular flexibility index (Phi) is 3.85. The molecule has 0 bridgehead atoms. The minimum absolute atomic E-state index is 0.161. The molecule has 0 spiro atoms. The Labute approximate surface area is 151 Å². The molecule has 1 saturated heterocycles. The van der Waals surface area contributed by atoms with E-state index in [-0.39, 0.29) is 5.41 Å². The summed E-state index contributed by atoms with van der Waals surface area (Å²) in [5.41, 5.74) is 1.20. The van der Waals surface area contributed by atoms with Gasteiger partial charge in [0, 0.05) is 25.6 Å². The molecule has 0 unspecified atom stereocenters. The summed E-state index contributed by atoms with van der Waals surface area (Å²) in [6.45, 7) is 11.0. The zero-order valence-electron chi connectivity index (χ0n) is 15.9. The first-order chi connectivity index (χ1) is 12.3. The summed E-state index contributed by atoms with van der Waals surface area (Å²) in [4.78, 5) is 13.4. The maximum Gasteiger partial charge on any atom is 0.207 e. The molecule has 0 N–H and O–H groups in total. The molecule has 0 radical (unpaired) electrons. The zero-order chi connectivity index (χ0) is 18.5. The Morgan fingerprint density at radius 2 is 1.96 bits per heavy atom. The highest BCUT2D eigenvalue weighted by Crippen LogP contribution is 2.29. The molecule has 26 heavy (non-hydrogen) atoms. The first-order valence-electron chi connectivity index (χ1n) is 8.91. The molecule has 0 aromatic carbocycles. The van der Waals surface area contributed by atoms with Crippen LogP contribution in [0.25, 0.3) is 11.2 Å². The van der Waals surface area contributed by atoms with Gasteiger partial charge in [-0.1, -0.05) is 27.7 Å². The quantitative estimate of drug-likeness (QED) is 0.683. The van der Waals surface area contributed by atoms with Gasteiger partial charge in [-0.15, -0.1) is 15.3 Å². The summed E-state index contributed by atoms with van der Waals surface area (Å²) in [5, 5.41) is 20.7. The van der Waals surface area contributed by atoms with Gasteiger partial charge in [-0.3, -0.25) is 0 Å². The molecule has 138 valence electrons. The topological polar surface area (TPSA) is 103 Å². The predicted octanol–water partition coefficient (Wildman–Crippen LogP) is 0.937. The predicted molar refractivity (Wildman–Crippen MR) is 95.7 cm³/mol. The molecule has 3 aromatic rings. The largest absolute Gasteiger partial charge is 0.354 e. The highest BCUT2D eigenvalue weighted by Gasteiger charge is 2.28. The van der Waals surface area contributed by atoms with Crippen LogP contribution in [-0.2, 0) is 19.0 Å². The maximum atomic E-state index is 4.87. The Morgan fingerprint density at radius 1 is 1.15 bits per heavy atom. The smallest absolute Gasteiger partial charge is 0.207 e. The second kappa shape index (κ2) is 5.96. The fourth-order valence-electron chi connectivity index (χ4n) is 3.10. The monoisotopic (exact) mass is 356 g/mol. The van der Waals surface area contributed by atoms with Crippen molar-refractivity contribution in [2.24, 2.45) is 13.0 Å². The van der Waals surface area contributed by atoms with Crippen molar-refractivity contribution in [1.29, 1.82) is 0 Å². The van der Waals surface area contributed by atoms with Gasteiger partial charge in [-0.05, 0) is 22.8 Å². The Morgan fingerprint density at radius 3 is 2.58 bits per heavy atom. The van der Waals surface area contributed by atoms with Crippen LogP contribution < -0.4 is 4.90 Å². The molecule has 1 aliphatic rings. The van der Waals surface area contributed by atoms with E-state index in [1.807, 2.05) is 0 Å². The first kappa shape index (κ1) is 16.8. The molecular weight excluding hydrogens is 332 g/mol. The second-order valence-corrected chi connectivity index (χ2v) is 8.08. The van der Waals surface area contributed by atoms with Crippen molar-refractivity contribution in [3.05, 3.63) is 11.6 Å². The Hall–Kier alpha value is -2.65. The molecule has 1 aliphatic heterocycles. The van der Waals surface area contributed by atoms with Crippen LogP contribution in [0.2, 0.25) is 0 Å². The van der Waals surface area contributed by atoms with Crippen LogP contribution >= 0.6 is 0 Å². The molecule has 0 amide bonds. The first-order valence-corrected chi connectivity index (χ1v) is 8.91. The number of nitrogens with zero attached hydrogens (tertiary/aromatic N) is 10. The zero-order valence-corrected chi connectivity index (χ0v) is 15.9. The number of tetrazole rings is 1. The fourth-order valence-corrected chi connectivity index (χ4v) is 3.10. The van der Waals surface area contributed by atoms with Crippen molar-refractivity contribution in [2.75, 3.05) is 18.0 Å². The SMILES string of the molecule is C[C@@H]1CCN(c2nc(C(C)(C)C)nc3nn(Cc4nnnn4C)nc23)C1. The third-order valence-electron chi connectivity index (χ3n) is 4.66. The highest BCUT2D eigenvalue weighted by molar-refractivity contribution is 5.82. The summed E-state index contributed by atoms with van der Waals surface area (Å²) < 4.78 is 1.61. The normalized spacial score (nSPS) is 18.2. The van der Waals surface area contributed by atoms with Crippen LogP contribution in [0.5, 0.6) is 0 Å². The van der Waals surface area contributed by atoms with Crippen LogP contribution in [0.15, 0.2) is 0 Å². The van der Waals surface area contributed by atoms with Crippen LogP contribution in [0, 0.1) is 5.92 Å². The van der Waals surface area contributed by atoms with E-state index < -0.39 is 0 Å². The minimum atomic E-state index is -0.161. The molecule has 10 heteroatoms. The molecular formula is C16H24N10. The van der Waals surface area contributed by atoms with Crippen molar-refractivity contribution in [1.82, 2.24) is 45.2 Å². The lowest BCUT2D eigenvalue weighted by Gasteiger charge is -2.21. The van der Waals surface area contributed by atoms with Crippen molar-refractivity contribution in [3.63, 3.8) is 0 Å². The van der Waals surface area contributed by atoms with E-state index in [0.717, 1.165) is 36.7 Å². The number of aryl methyl sites for hydroxylation is 1. The minimum Gasteiger partial charge on any atom is -0.354 e. The highest BCUT2D eigenvalue weighted by atomic mass is 15.6. The lowest BCUT2D eigenvalue weighted by molar-refractivity contribution is 0.543. The van der Waals surface area contributed by atoms with Crippen molar-refractivity contribution >= 4 is 17.0 Å². The van der Waals surface area contributed by atoms with Gasteiger partial charge < -0.3 is 4.90 Å². The van der Waals surface area contributed by atoms with Crippen LogP contribution in [0.1, 0.15) is 45.8 Å². The van der Waals surface area contributed by atoms with Gasteiger partial charge in [0.1, 0.15) is 12.4 Å². The number of hydrogen-bond acceptors (Lipinski definition) is 8. The van der Waals surface area contributed by atoms with Crippen molar-refractivity contribution in [2.45, 2.75) is 46.1 Å². The fraction of sp³-hybridized carbons (Fsp3) is 0.688. The van der Waals surface area contributed by atoms with Gasteiger partial charge in [0.25, 0.3) is 0 Å². The van der Waals surface area contributed by atoms with Crippen molar-refractivity contribution in [3.8, 4) is 0 Å². The summed E-state index contributed by atoms with van der Waals surface area (Å²) in [6.07, 6.45) is 1.16. The van der Waals surface area contributed by atoms with E-state index >= 15 is 0 Å². The van der Waals surface area contributed by atoms with Gasteiger partial charge in [0.2, 0.25) is 5.65 Å². The Balaban J connectivity index is 1.80. The van der Waals surface area contributed by atoms with E-state index in [1.165, 1.54) is 0 Å². The lowest BCUT2D eigenvalue weighted by Crippen LogP contribution is -2.24. The van der Waals surface area contributed by atoms with Gasteiger partial charge in [0.05, 0.1) is 0 Å². The van der Waals surface area contributed by atoms with E-state index in [4.69, 9.17) is 4.98 Å². The van der Waals surface area contributed by atoms with Gasteiger partial charge in [-0.25, -0.2) is 14.6 Å². The van der Waals surface area contributed by atoms with Gasteiger partial charge in [-0.2, -0.15) is 4.80 Å². The van der Waals surface area contributed by atoms with Crippen LogP contribution in [0.4, 0.5) is 5.82 Å². The van der Waals surface area contributed by atoms with Crippen LogP contribution in [0.3, 0.4) is 0 Å². The number of fused-ring (bicyclic) bond motifs is 1. The molecule has 0 aliphatic carbocycles. The molecule has 3 aromatic heterocycles. The standard InChI is InChI=1S/C16H24N10/c1-10-6-7-25(8-10)14-12-13(17-15(18-14)16(2,3)4)21-26(20-12)9-11-19-22-23-24(11)5/h10H,6-9H2,1-5H3/t10-/m1/s1. The number of rotatable bonds is 3. The molecule has 4 heterocycles. The molecule has 1 fully saturated rings. The van der Waals surface area contributed by atoms with E-state index in [2.05, 4.69) is 63.3 Å². The number of hydrogen-bond donors (Lipinski definition) is 0. The second-order valence-electron chi connectivity index (χ2n) is 8.08. The molecule has 0 saturated carbocycles. The summed E-state index contributed by atoms with van der Waals surface area (Å²) in [5.74, 6) is 3.00. The molecule has 10 nitrogen and oxygen atoms in total. The van der Waals surface area contributed by atoms with Crippen LogP contribution in [-0.4, -0.2) is 58.3 Å². The third kappa shape index (κ3) is 2.99. The lowest BCUT2D eigenvalue weighted by atomic mass is 9.96. The molecule has 4 rings (SSSR count).